The first-order chi connectivity index (χ1) is 13.3. The summed E-state index contributed by atoms with van der Waals surface area (Å²) in [5, 5.41) is 12.0. The molecule has 2 aromatic rings. The molecule has 0 fully saturated rings. The van der Waals surface area contributed by atoms with Crippen molar-refractivity contribution in [3.05, 3.63) is 53.6 Å². The van der Waals surface area contributed by atoms with E-state index in [9.17, 15) is 0 Å². The lowest BCUT2D eigenvalue weighted by molar-refractivity contribution is 0.279. The van der Waals surface area contributed by atoms with Crippen LogP contribution in [0, 0.1) is 0 Å². The predicted molar refractivity (Wildman–Crippen MR) is 108 cm³/mol. The fourth-order valence-corrected chi connectivity index (χ4v) is 2.89. The molecule has 0 bridgehead atoms. The van der Waals surface area contributed by atoms with E-state index in [2.05, 4.69) is 23.5 Å². The van der Waals surface area contributed by atoms with Gasteiger partial charge in [0.1, 0.15) is 12.4 Å². The van der Waals surface area contributed by atoms with E-state index in [0.717, 1.165) is 56.0 Å². The maximum atomic E-state index is 8.74. The number of nitrogens with one attached hydrogen (secondary N) is 1. The van der Waals surface area contributed by atoms with E-state index in [0.29, 0.717) is 6.61 Å². The number of benzene rings is 2. The lowest BCUT2D eigenvalue weighted by Crippen LogP contribution is -2.22. The van der Waals surface area contributed by atoms with Crippen molar-refractivity contribution in [1.82, 2.24) is 5.32 Å². The summed E-state index contributed by atoms with van der Waals surface area (Å²) in [6.07, 6.45) is 3.82. The number of rotatable bonds is 13. The Hall–Kier alpha value is -2.24. The molecule has 0 atom stereocenters. The molecule has 2 rings (SSSR count). The molecule has 0 heterocycles. The van der Waals surface area contributed by atoms with E-state index in [-0.39, 0.29) is 6.61 Å². The Morgan fingerprint density at radius 3 is 2.37 bits per heavy atom. The minimum atomic E-state index is 0.221. The number of aryl methyl sites for hydroxylation is 2. The molecule has 2 aromatic carbocycles. The van der Waals surface area contributed by atoms with Crippen molar-refractivity contribution in [1.29, 1.82) is 0 Å². The van der Waals surface area contributed by atoms with Crippen molar-refractivity contribution in [2.75, 3.05) is 40.5 Å². The third kappa shape index (κ3) is 7.49. The van der Waals surface area contributed by atoms with Gasteiger partial charge in [-0.2, -0.15) is 0 Å². The van der Waals surface area contributed by atoms with Crippen LogP contribution < -0.4 is 19.5 Å². The number of aliphatic hydroxyl groups is 1. The van der Waals surface area contributed by atoms with Crippen LogP contribution in [0.15, 0.2) is 42.5 Å². The SMILES string of the molecule is COc1ccc(CCCc2cccc(OCCNCCCO)c2)cc1OC. The van der Waals surface area contributed by atoms with Crippen molar-refractivity contribution >= 4 is 0 Å². The van der Waals surface area contributed by atoms with Crippen molar-refractivity contribution in [3.63, 3.8) is 0 Å². The highest BCUT2D eigenvalue weighted by molar-refractivity contribution is 5.43. The van der Waals surface area contributed by atoms with Crippen LogP contribution in [0.1, 0.15) is 24.0 Å². The summed E-state index contributed by atoms with van der Waals surface area (Å²) in [5.74, 6) is 2.44. The van der Waals surface area contributed by atoms with Gasteiger partial charge in [-0.05, 0) is 67.6 Å². The Bertz CT molecular complexity index is 675. The molecule has 0 radical (unpaired) electrons. The van der Waals surface area contributed by atoms with Gasteiger partial charge >= 0.3 is 0 Å². The van der Waals surface area contributed by atoms with E-state index in [1.165, 1.54) is 11.1 Å². The highest BCUT2D eigenvalue weighted by Gasteiger charge is 2.05. The fourth-order valence-electron chi connectivity index (χ4n) is 2.89. The van der Waals surface area contributed by atoms with Crippen LogP contribution in [0.5, 0.6) is 17.2 Å². The first-order valence-corrected chi connectivity index (χ1v) is 9.51. The summed E-state index contributed by atoms with van der Waals surface area (Å²) in [7, 11) is 3.31. The standard InChI is InChI=1S/C22H31NO4/c1-25-21-11-10-19(17-22(21)26-2)7-3-6-18-8-4-9-20(16-18)27-15-13-23-12-5-14-24/h4,8-11,16-17,23-24H,3,5-7,12-15H2,1-2H3. The van der Waals surface area contributed by atoms with Gasteiger partial charge in [0.05, 0.1) is 14.2 Å². The molecule has 0 aromatic heterocycles. The molecule has 148 valence electrons. The van der Waals surface area contributed by atoms with Crippen LogP contribution in [0.4, 0.5) is 0 Å². The topological polar surface area (TPSA) is 60.0 Å². The van der Waals surface area contributed by atoms with Crippen LogP contribution in [0.25, 0.3) is 0 Å². The van der Waals surface area contributed by atoms with Crippen LogP contribution in [-0.4, -0.2) is 45.6 Å². The number of methoxy groups -OCH3 is 2. The molecular formula is C22H31NO4. The van der Waals surface area contributed by atoms with Crippen LogP contribution in [-0.2, 0) is 12.8 Å². The van der Waals surface area contributed by atoms with Gasteiger partial charge in [0.25, 0.3) is 0 Å². The third-order valence-electron chi connectivity index (χ3n) is 4.34. The molecule has 5 nitrogen and oxygen atoms in total. The summed E-state index contributed by atoms with van der Waals surface area (Å²) in [6.45, 7) is 2.44. The first-order valence-electron chi connectivity index (χ1n) is 9.51. The van der Waals surface area contributed by atoms with E-state index >= 15 is 0 Å². The Morgan fingerprint density at radius 2 is 1.63 bits per heavy atom. The van der Waals surface area contributed by atoms with Crippen LogP contribution >= 0.6 is 0 Å². The molecule has 5 heteroatoms. The molecular weight excluding hydrogens is 342 g/mol. The monoisotopic (exact) mass is 373 g/mol. The largest absolute Gasteiger partial charge is 0.493 e. The summed E-state index contributed by atoms with van der Waals surface area (Å²) >= 11 is 0. The van der Waals surface area contributed by atoms with Crippen molar-refractivity contribution < 1.29 is 19.3 Å². The highest BCUT2D eigenvalue weighted by Crippen LogP contribution is 2.28. The minimum absolute atomic E-state index is 0.221. The zero-order valence-electron chi connectivity index (χ0n) is 16.4. The Labute approximate surface area is 162 Å². The molecule has 0 aliphatic carbocycles. The summed E-state index contributed by atoms with van der Waals surface area (Å²) in [6, 6.07) is 14.4. The van der Waals surface area contributed by atoms with E-state index in [4.69, 9.17) is 19.3 Å². The molecule has 2 N–H and O–H groups in total. The van der Waals surface area contributed by atoms with Gasteiger partial charge in [0.15, 0.2) is 11.5 Å². The lowest BCUT2D eigenvalue weighted by atomic mass is 10.0. The zero-order chi connectivity index (χ0) is 19.3. The number of ether oxygens (including phenoxy) is 3. The molecule has 0 spiro atoms. The summed E-state index contributed by atoms with van der Waals surface area (Å²) in [4.78, 5) is 0. The molecule has 0 aliphatic heterocycles. The average Bonchev–Trinajstić information content (AvgIpc) is 2.71. The van der Waals surface area contributed by atoms with Gasteiger partial charge in [-0.3, -0.25) is 0 Å². The Balaban J connectivity index is 1.76. The zero-order valence-corrected chi connectivity index (χ0v) is 16.4. The van der Waals surface area contributed by atoms with Crippen LogP contribution in [0.2, 0.25) is 0 Å². The lowest BCUT2D eigenvalue weighted by Gasteiger charge is -2.10. The van der Waals surface area contributed by atoms with Gasteiger partial charge < -0.3 is 24.6 Å². The predicted octanol–water partition coefficient (Wildman–Crippen LogP) is 3.23. The summed E-state index contributed by atoms with van der Waals surface area (Å²) < 4.78 is 16.4. The molecule has 0 aliphatic rings. The van der Waals surface area contributed by atoms with Crippen molar-refractivity contribution in [2.24, 2.45) is 0 Å². The minimum Gasteiger partial charge on any atom is -0.493 e. The molecule has 0 saturated carbocycles. The van der Waals surface area contributed by atoms with Gasteiger partial charge in [0.2, 0.25) is 0 Å². The van der Waals surface area contributed by atoms with Crippen LogP contribution in [0.3, 0.4) is 0 Å². The fraction of sp³-hybridized carbons (Fsp3) is 0.455. The molecule has 27 heavy (non-hydrogen) atoms. The normalized spacial score (nSPS) is 10.6. The third-order valence-corrected chi connectivity index (χ3v) is 4.34. The van der Waals surface area contributed by atoms with Crippen molar-refractivity contribution in [3.8, 4) is 17.2 Å². The Kier molecular flexibility index (Phi) is 9.52. The quantitative estimate of drug-likeness (QED) is 0.528. The van der Waals surface area contributed by atoms with Gasteiger partial charge in [-0.15, -0.1) is 0 Å². The van der Waals surface area contributed by atoms with Gasteiger partial charge in [-0.1, -0.05) is 18.2 Å². The van der Waals surface area contributed by atoms with E-state index in [1.807, 2.05) is 24.3 Å². The number of hydrogen-bond acceptors (Lipinski definition) is 5. The van der Waals surface area contributed by atoms with Gasteiger partial charge in [-0.25, -0.2) is 0 Å². The second-order valence-electron chi connectivity index (χ2n) is 6.37. The molecule has 0 saturated heterocycles. The molecule has 0 unspecified atom stereocenters. The second kappa shape index (κ2) is 12.2. The number of hydrogen-bond donors (Lipinski definition) is 2. The summed E-state index contributed by atoms with van der Waals surface area (Å²) in [5.41, 5.74) is 2.52. The average molecular weight is 373 g/mol. The highest BCUT2D eigenvalue weighted by atomic mass is 16.5. The van der Waals surface area contributed by atoms with E-state index in [1.54, 1.807) is 14.2 Å². The first kappa shape index (κ1) is 21.1. The second-order valence-corrected chi connectivity index (χ2v) is 6.37. The smallest absolute Gasteiger partial charge is 0.160 e. The Morgan fingerprint density at radius 1 is 0.852 bits per heavy atom. The maximum absolute atomic E-state index is 8.74. The van der Waals surface area contributed by atoms with E-state index < -0.39 is 0 Å². The van der Waals surface area contributed by atoms with Gasteiger partial charge in [0, 0.05) is 13.2 Å². The number of aliphatic hydroxyl groups excluding tert-OH is 1. The van der Waals surface area contributed by atoms with Crippen molar-refractivity contribution in [2.45, 2.75) is 25.7 Å². The molecule has 0 amide bonds. The maximum Gasteiger partial charge on any atom is 0.160 e.